The predicted octanol–water partition coefficient (Wildman–Crippen LogP) is 1.65. The van der Waals surface area contributed by atoms with Gasteiger partial charge in [0, 0.05) is 12.6 Å². The zero-order valence-corrected chi connectivity index (χ0v) is 10.4. The van der Waals surface area contributed by atoms with Crippen molar-refractivity contribution in [2.75, 3.05) is 6.54 Å². The molecule has 0 aromatic rings. The first kappa shape index (κ1) is 12.5. The molecule has 0 aliphatic carbocycles. The number of hydrogen-bond donors (Lipinski definition) is 1. The van der Waals surface area contributed by atoms with Gasteiger partial charge in [-0.1, -0.05) is 13.8 Å². The highest BCUT2D eigenvalue weighted by Crippen LogP contribution is 2.28. The molecule has 0 aromatic heterocycles. The normalized spacial score (nSPS) is 32.9. The van der Waals surface area contributed by atoms with Gasteiger partial charge in [0.2, 0.25) is 0 Å². The van der Waals surface area contributed by atoms with Gasteiger partial charge in [0.25, 0.3) is 5.91 Å². The number of amides is 1. The summed E-state index contributed by atoms with van der Waals surface area (Å²) in [6.07, 6.45) is 1.16. The molecule has 0 spiro atoms. The van der Waals surface area contributed by atoms with Gasteiger partial charge in [-0.05, 0) is 39.0 Å². The summed E-state index contributed by atoms with van der Waals surface area (Å²) in [6.45, 7) is 10.3. The van der Waals surface area contributed by atoms with Crippen LogP contribution in [0.2, 0.25) is 0 Å². The van der Waals surface area contributed by atoms with Crippen LogP contribution in [-0.4, -0.2) is 34.1 Å². The molecule has 0 radical (unpaired) electrons. The number of nitrogens with zero attached hydrogens (tertiary/aromatic N) is 1. The monoisotopic (exact) mass is 213 g/mol. The van der Waals surface area contributed by atoms with Crippen LogP contribution in [0.3, 0.4) is 0 Å². The van der Waals surface area contributed by atoms with Crippen molar-refractivity contribution in [3.63, 3.8) is 0 Å². The molecule has 1 rings (SSSR count). The molecule has 88 valence electrons. The van der Waals surface area contributed by atoms with E-state index in [-0.39, 0.29) is 11.9 Å². The topological polar surface area (TPSA) is 40.5 Å². The van der Waals surface area contributed by atoms with E-state index >= 15 is 0 Å². The Hall–Kier alpha value is -0.570. The second-order valence-corrected chi connectivity index (χ2v) is 5.58. The number of piperidine rings is 1. The van der Waals surface area contributed by atoms with Crippen molar-refractivity contribution in [1.82, 2.24) is 4.90 Å². The summed E-state index contributed by atoms with van der Waals surface area (Å²) in [4.78, 5) is 13.8. The van der Waals surface area contributed by atoms with E-state index in [2.05, 4.69) is 20.8 Å². The molecular weight excluding hydrogens is 190 g/mol. The average Bonchev–Trinajstić information content (AvgIpc) is 2.08. The highest BCUT2D eigenvalue weighted by atomic mass is 16.3. The van der Waals surface area contributed by atoms with E-state index in [1.54, 1.807) is 13.8 Å². The summed E-state index contributed by atoms with van der Waals surface area (Å²) < 4.78 is 0. The third-order valence-electron chi connectivity index (χ3n) is 3.38. The molecule has 1 amide bonds. The van der Waals surface area contributed by atoms with E-state index in [0.29, 0.717) is 11.8 Å². The van der Waals surface area contributed by atoms with E-state index in [1.165, 1.54) is 0 Å². The minimum atomic E-state index is -1.25. The predicted molar refractivity (Wildman–Crippen MR) is 60.4 cm³/mol. The van der Waals surface area contributed by atoms with E-state index in [0.717, 1.165) is 13.0 Å². The maximum Gasteiger partial charge on any atom is 0.254 e. The number of likely N-dealkylation sites (tertiary alicyclic amines) is 1. The van der Waals surface area contributed by atoms with Crippen molar-refractivity contribution < 1.29 is 9.90 Å². The number of rotatable bonds is 1. The Kier molecular flexibility index (Phi) is 3.44. The van der Waals surface area contributed by atoms with Crippen molar-refractivity contribution in [1.29, 1.82) is 0 Å². The van der Waals surface area contributed by atoms with Gasteiger partial charge >= 0.3 is 0 Å². The van der Waals surface area contributed by atoms with Gasteiger partial charge < -0.3 is 10.0 Å². The minimum Gasteiger partial charge on any atom is -0.381 e. The molecule has 1 aliphatic rings. The van der Waals surface area contributed by atoms with E-state index in [1.807, 2.05) is 4.90 Å². The lowest BCUT2D eigenvalue weighted by Crippen LogP contribution is -2.55. The van der Waals surface area contributed by atoms with Crippen molar-refractivity contribution >= 4 is 5.91 Å². The molecular formula is C12H23NO2. The van der Waals surface area contributed by atoms with Gasteiger partial charge in [0.1, 0.15) is 5.60 Å². The Bertz CT molecular complexity index is 244. The lowest BCUT2D eigenvalue weighted by Gasteiger charge is -2.43. The molecule has 1 heterocycles. The van der Waals surface area contributed by atoms with Gasteiger partial charge in [0.05, 0.1) is 0 Å². The first-order valence-corrected chi connectivity index (χ1v) is 5.77. The van der Waals surface area contributed by atoms with E-state index in [9.17, 15) is 9.90 Å². The first-order valence-electron chi connectivity index (χ1n) is 5.77. The second-order valence-electron chi connectivity index (χ2n) is 5.58. The molecule has 1 N–H and O–H groups in total. The first-order chi connectivity index (χ1) is 6.73. The molecule has 1 aliphatic heterocycles. The molecule has 0 aromatic carbocycles. The van der Waals surface area contributed by atoms with Crippen molar-refractivity contribution in [3.05, 3.63) is 0 Å². The van der Waals surface area contributed by atoms with Crippen LogP contribution < -0.4 is 0 Å². The zero-order chi connectivity index (χ0) is 11.8. The zero-order valence-electron chi connectivity index (χ0n) is 10.4. The molecule has 3 unspecified atom stereocenters. The van der Waals surface area contributed by atoms with Gasteiger partial charge in [-0.15, -0.1) is 0 Å². The number of carbonyl (C=O) groups excluding carboxylic acids is 1. The van der Waals surface area contributed by atoms with Crippen LogP contribution in [0.4, 0.5) is 0 Å². The molecule has 0 bridgehead atoms. The highest BCUT2D eigenvalue weighted by molar-refractivity contribution is 5.84. The Labute approximate surface area is 92.5 Å². The molecule has 1 fully saturated rings. The Morgan fingerprint density at radius 1 is 1.33 bits per heavy atom. The van der Waals surface area contributed by atoms with E-state index < -0.39 is 5.60 Å². The molecule has 0 saturated carbocycles. The lowest BCUT2D eigenvalue weighted by molar-refractivity contribution is -0.154. The van der Waals surface area contributed by atoms with Crippen LogP contribution in [0.15, 0.2) is 0 Å². The van der Waals surface area contributed by atoms with Crippen molar-refractivity contribution in [2.24, 2.45) is 11.8 Å². The third kappa shape index (κ3) is 2.71. The number of hydrogen-bond acceptors (Lipinski definition) is 2. The summed E-state index contributed by atoms with van der Waals surface area (Å²) in [6, 6.07) is 0.236. The van der Waals surface area contributed by atoms with Crippen LogP contribution in [0.5, 0.6) is 0 Å². The largest absolute Gasteiger partial charge is 0.381 e. The summed E-state index contributed by atoms with van der Waals surface area (Å²) >= 11 is 0. The molecule has 3 nitrogen and oxygen atoms in total. The van der Waals surface area contributed by atoms with Crippen LogP contribution in [0, 0.1) is 11.8 Å². The Morgan fingerprint density at radius 3 is 2.33 bits per heavy atom. The minimum absolute atomic E-state index is 0.145. The van der Waals surface area contributed by atoms with Crippen LogP contribution >= 0.6 is 0 Å². The maximum atomic E-state index is 12.0. The molecule has 15 heavy (non-hydrogen) atoms. The average molecular weight is 213 g/mol. The lowest BCUT2D eigenvalue weighted by atomic mass is 9.85. The Balaban J connectivity index is 2.80. The SMILES string of the molecule is CC1CC(C)C(C)N(C(=O)C(C)(C)O)C1. The van der Waals surface area contributed by atoms with Gasteiger partial charge in [0.15, 0.2) is 0 Å². The van der Waals surface area contributed by atoms with Crippen LogP contribution in [0.25, 0.3) is 0 Å². The fraction of sp³-hybridized carbons (Fsp3) is 0.917. The van der Waals surface area contributed by atoms with Gasteiger partial charge in [-0.3, -0.25) is 4.79 Å². The van der Waals surface area contributed by atoms with Crippen LogP contribution in [0.1, 0.15) is 41.0 Å². The van der Waals surface area contributed by atoms with Crippen molar-refractivity contribution in [3.8, 4) is 0 Å². The quantitative estimate of drug-likeness (QED) is 0.719. The highest BCUT2D eigenvalue weighted by Gasteiger charge is 2.37. The smallest absolute Gasteiger partial charge is 0.254 e. The summed E-state index contributed by atoms with van der Waals surface area (Å²) in [5.41, 5.74) is -1.25. The maximum absolute atomic E-state index is 12.0. The molecule has 1 saturated heterocycles. The Morgan fingerprint density at radius 2 is 1.87 bits per heavy atom. The summed E-state index contributed by atoms with van der Waals surface area (Å²) in [5, 5.41) is 9.74. The van der Waals surface area contributed by atoms with E-state index in [4.69, 9.17) is 0 Å². The number of aliphatic hydroxyl groups is 1. The van der Waals surface area contributed by atoms with Crippen LogP contribution in [-0.2, 0) is 4.79 Å². The molecule has 3 atom stereocenters. The standard InChI is InChI=1S/C12H23NO2/c1-8-6-9(2)10(3)13(7-8)11(14)12(4,5)15/h8-10,15H,6-7H2,1-5H3. The summed E-state index contributed by atoms with van der Waals surface area (Å²) in [5.74, 6) is 0.899. The van der Waals surface area contributed by atoms with Gasteiger partial charge in [-0.25, -0.2) is 0 Å². The van der Waals surface area contributed by atoms with Gasteiger partial charge in [-0.2, -0.15) is 0 Å². The number of carbonyl (C=O) groups is 1. The fourth-order valence-electron chi connectivity index (χ4n) is 2.33. The molecule has 3 heteroatoms. The van der Waals surface area contributed by atoms with Crippen molar-refractivity contribution in [2.45, 2.75) is 52.7 Å². The third-order valence-corrected chi connectivity index (χ3v) is 3.38. The summed E-state index contributed by atoms with van der Waals surface area (Å²) in [7, 11) is 0. The second kappa shape index (κ2) is 4.12. The fourth-order valence-corrected chi connectivity index (χ4v) is 2.33.